The molecular formula is C16H19NO4. The van der Waals surface area contributed by atoms with Gasteiger partial charge in [-0.1, -0.05) is 12.1 Å². The van der Waals surface area contributed by atoms with Gasteiger partial charge >= 0.3 is 0 Å². The summed E-state index contributed by atoms with van der Waals surface area (Å²) < 4.78 is 11.4. The Balaban J connectivity index is 1.45. The van der Waals surface area contributed by atoms with E-state index in [4.69, 9.17) is 9.47 Å². The van der Waals surface area contributed by atoms with Crippen LogP contribution in [0.25, 0.3) is 0 Å². The highest BCUT2D eigenvalue weighted by Gasteiger charge is 2.45. The van der Waals surface area contributed by atoms with Gasteiger partial charge in [0.2, 0.25) is 6.10 Å². The predicted octanol–water partition coefficient (Wildman–Crippen LogP) is 1.06. The molecule has 1 aromatic rings. The van der Waals surface area contributed by atoms with E-state index in [1.165, 1.54) is 0 Å². The number of ether oxygens (including phenoxy) is 2. The molecule has 1 N–H and O–H groups in total. The summed E-state index contributed by atoms with van der Waals surface area (Å²) in [4.78, 5) is 14.4. The van der Waals surface area contributed by atoms with E-state index in [9.17, 15) is 9.90 Å². The molecule has 0 bridgehead atoms. The topological polar surface area (TPSA) is 59.0 Å². The number of amides is 1. The van der Waals surface area contributed by atoms with Gasteiger partial charge in [-0.05, 0) is 30.9 Å². The molecule has 4 rings (SSSR count). The van der Waals surface area contributed by atoms with Crippen LogP contribution in [0.1, 0.15) is 12.8 Å². The molecule has 0 spiro atoms. The lowest BCUT2D eigenvalue weighted by molar-refractivity contribution is -0.140. The Labute approximate surface area is 123 Å². The van der Waals surface area contributed by atoms with Gasteiger partial charge in [-0.2, -0.15) is 0 Å². The summed E-state index contributed by atoms with van der Waals surface area (Å²) in [6.07, 6.45) is 1.06. The number of rotatable bonds is 1. The molecule has 2 fully saturated rings. The van der Waals surface area contributed by atoms with Gasteiger partial charge in [-0.15, -0.1) is 0 Å². The molecular weight excluding hydrogens is 270 g/mol. The number of nitrogens with zero attached hydrogens (tertiary/aromatic N) is 1. The zero-order valence-electron chi connectivity index (χ0n) is 11.8. The van der Waals surface area contributed by atoms with Crippen molar-refractivity contribution in [3.8, 4) is 11.5 Å². The molecule has 1 amide bonds. The molecule has 0 aromatic heterocycles. The highest BCUT2D eigenvalue weighted by atomic mass is 16.6. The second-order valence-electron chi connectivity index (χ2n) is 6.18. The average molecular weight is 289 g/mol. The Bertz CT molecular complexity index is 561. The fourth-order valence-corrected chi connectivity index (χ4v) is 3.76. The van der Waals surface area contributed by atoms with Crippen LogP contribution in [0.5, 0.6) is 11.5 Å². The van der Waals surface area contributed by atoms with Crippen molar-refractivity contribution in [1.29, 1.82) is 0 Å². The van der Waals surface area contributed by atoms with Crippen molar-refractivity contribution < 1.29 is 19.4 Å². The minimum atomic E-state index is -0.573. The number of likely N-dealkylation sites (tertiary alicyclic amines) is 1. The van der Waals surface area contributed by atoms with Crippen LogP contribution >= 0.6 is 0 Å². The highest BCUT2D eigenvalue weighted by Crippen LogP contribution is 2.39. The Morgan fingerprint density at radius 1 is 1.19 bits per heavy atom. The molecule has 4 atom stereocenters. The van der Waals surface area contributed by atoms with Crippen molar-refractivity contribution in [3.63, 3.8) is 0 Å². The summed E-state index contributed by atoms with van der Waals surface area (Å²) in [5.74, 6) is 1.98. The van der Waals surface area contributed by atoms with Gasteiger partial charge in [0.25, 0.3) is 5.91 Å². The van der Waals surface area contributed by atoms with E-state index in [0.717, 1.165) is 19.4 Å². The SMILES string of the molecule is O=C(C1COc2ccccc2O1)N1CC2CCC(O)C2C1. The van der Waals surface area contributed by atoms with E-state index < -0.39 is 6.10 Å². The molecule has 5 heteroatoms. The van der Waals surface area contributed by atoms with Crippen molar-refractivity contribution >= 4 is 5.91 Å². The lowest BCUT2D eigenvalue weighted by Gasteiger charge is -2.29. The summed E-state index contributed by atoms with van der Waals surface area (Å²) in [5.41, 5.74) is 0. The zero-order valence-corrected chi connectivity index (χ0v) is 11.8. The predicted molar refractivity (Wildman–Crippen MR) is 75.2 cm³/mol. The van der Waals surface area contributed by atoms with E-state index >= 15 is 0 Å². The standard InChI is InChI=1S/C16H19NO4/c18-12-6-5-10-7-17(8-11(10)12)16(19)15-9-20-13-3-1-2-4-14(13)21-15/h1-4,10-12,15,18H,5-9H2. The van der Waals surface area contributed by atoms with Crippen molar-refractivity contribution in [2.45, 2.75) is 25.0 Å². The normalized spacial score (nSPS) is 33.9. The van der Waals surface area contributed by atoms with Crippen LogP contribution in [-0.4, -0.2) is 47.8 Å². The minimum Gasteiger partial charge on any atom is -0.485 e. The van der Waals surface area contributed by atoms with E-state index in [1.807, 2.05) is 29.2 Å². The molecule has 21 heavy (non-hydrogen) atoms. The van der Waals surface area contributed by atoms with Crippen LogP contribution in [0.2, 0.25) is 0 Å². The van der Waals surface area contributed by atoms with Gasteiger partial charge in [-0.25, -0.2) is 0 Å². The van der Waals surface area contributed by atoms with Crippen molar-refractivity contribution in [3.05, 3.63) is 24.3 Å². The summed E-state index contributed by atoms with van der Waals surface area (Å²) in [6, 6.07) is 7.41. The third-order valence-electron chi connectivity index (χ3n) is 4.91. The number of benzene rings is 1. The fourth-order valence-electron chi connectivity index (χ4n) is 3.76. The van der Waals surface area contributed by atoms with Crippen LogP contribution in [0, 0.1) is 11.8 Å². The first-order chi connectivity index (χ1) is 10.2. The fraction of sp³-hybridized carbons (Fsp3) is 0.562. The third kappa shape index (κ3) is 2.16. The summed E-state index contributed by atoms with van der Waals surface area (Å²) in [5, 5.41) is 9.95. The molecule has 2 aliphatic heterocycles. The maximum atomic E-state index is 12.6. The van der Waals surface area contributed by atoms with Crippen LogP contribution in [0.4, 0.5) is 0 Å². The largest absolute Gasteiger partial charge is 0.485 e. The summed E-state index contributed by atoms with van der Waals surface area (Å²) >= 11 is 0. The first-order valence-electron chi connectivity index (χ1n) is 7.57. The Morgan fingerprint density at radius 2 is 2.00 bits per heavy atom. The third-order valence-corrected chi connectivity index (χ3v) is 4.91. The lowest BCUT2D eigenvalue weighted by atomic mass is 10.00. The van der Waals surface area contributed by atoms with E-state index in [2.05, 4.69) is 0 Å². The highest BCUT2D eigenvalue weighted by molar-refractivity contribution is 5.82. The molecule has 1 saturated carbocycles. The Morgan fingerprint density at radius 3 is 2.81 bits per heavy atom. The Hall–Kier alpha value is -1.75. The van der Waals surface area contributed by atoms with Crippen molar-refractivity contribution in [2.24, 2.45) is 11.8 Å². The molecule has 1 aliphatic carbocycles. The molecule has 5 nitrogen and oxygen atoms in total. The van der Waals surface area contributed by atoms with E-state index in [-0.39, 0.29) is 24.5 Å². The molecule has 1 saturated heterocycles. The van der Waals surface area contributed by atoms with Gasteiger partial charge in [-0.3, -0.25) is 4.79 Å². The van der Waals surface area contributed by atoms with Crippen LogP contribution in [0.15, 0.2) is 24.3 Å². The first-order valence-corrected chi connectivity index (χ1v) is 7.57. The number of aliphatic hydroxyl groups excluding tert-OH is 1. The zero-order chi connectivity index (χ0) is 14.4. The average Bonchev–Trinajstić information content (AvgIpc) is 3.08. The maximum Gasteiger partial charge on any atom is 0.267 e. The number of aliphatic hydroxyl groups is 1. The quantitative estimate of drug-likeness (QED) is 0.840. The number of hydrogen-bond donors (Lipinski definition) is 1. The van der Waals surface area contributed by atoms with Gasteiger partial charge < -0.3 is 19.5 Å². The minimum absolute atomic E-state index is 0.0221. The molecule has 0 radical (unpaired) electrons. The maximum absolute atomic E-state index is 12.6. The second-order valence-corrected chi connectivity index (χ2v) is 6.18. The summed E-state index contributed by atoms with van der Waals surface area (Å²) in [7, 11) is 0. The van der Waals surface area contributed by atoms with Gasteiger partial charge in [0.05, 0.1) is 6.10 Å². The monoisotopic (exact) mass is 289 g/mol. The van der Waals surface area contributed by atoms with Gasteiger partial charge in [0, 0.05) is 19.0 Å². The lowest BCUT2D eigenvalue weighted by Crippen LogP contribution is -2.46. The van der Waals surface area contributed by atoms with Crippen LogP contribution in [0.3, 0.4) is 0 Å². The van der Waals surface area contributed by atoms with Crippen molar-refractivity contribution in [2.75, 3.05) is 19.7 Å². The molecule has 112 valence electrons. The van der Waals surface area contributed by atoms with Crippen LogP contribution < -0.4 is 9.47 Å². The molecule has 4 unspecified atom stereocenters. The molecule has 3 aliphatic rings. The Kier molecular flexibility index (Phi) is 3.03. The summed E-state index contributed by atoms with van der Waals surface area (Å²) in [6.45, 7) is 1.64. The number of carbonyl (C=O) groups is 1. The van der Waals surface area contributed by atoms with Crippen LogP contribution in [-0.2, 0) is 4.79 Å². The number of carbonyl (C=O) groups excluding carboxylic acids is 1. The van der Waals surface area contributed by atoms with E-state index in [1.54, 1.807) is 0 Å². The first kappa shape index (κ1) is 13.0. The van der Waals surface area contributed by atoms with Gasteiger partial charge in [0.1, 0.15) is 6.61 Å². The number of hydrogen-bond acceptors (Lipinski definition) is 4. The second kappa shape index (κ2) is 4.91. The van der Waals surface area contributed by atoms with Crippen molar-refractivity contribution in [1.82, 2.24) is 4.90 Å². The molecule has 1 aromatic carbocycles. The smallest absolute Gasteiger partial charge is 0.267 e. The number of fused-ring (bicyclic) bond motifs is 2. The molecule has 2 heterocycles. The number of para-hydroxylation sites is 2. The van der Waals surface area contributed by atoms with Gasteiger partial charge in [0.15, 0.2) is 11.5 Å². The van der Waals surface area contributed by atoms with E-state index in [0.29, 0.717) is 24.0 Å².